The molecule has 0 N–H and O–H groups in total. The van der Waals surface area contributed by atoms with E-state index in [9.17, 15) is 4.21 Å². The molecule has 0 spiro atoms. The fourth-order valence-electron chi connectivity index (χ4n) is 1.95. The van der Waals surface area contributed by atoms with E-state index < -0.39 is 11.0 Å². The normalized spacial score (nSPS) is 20.9. The molecule has 1 saturated heterocycles. The molecule has 3 heteroatoms. The van der Waals surface area contributed by atoms with Gasteiger partial charge in [-0.1, -0.05) is 24.6 Å². The molecule has 1 aromatic rings. The first kappa shape index (κ1) is 11.8. The summed E-state index contributed by atoms with van der Waals surface area (Å²) in [4.78, 5) is 0.931. The zero-order chi connectivity index (χ0) is 11.5. The lowest BCUT2D eigenvalue weighted by atomic mass is 10.0. The van der Waals surface area contributed by atoms with Gasteiger partial charge in [-0.05, 0) is 37.8 Å². The van der Waals surface area contributed by atoms with Crippen molar-refractivity contribution in [2.45, 2.75) is 31.6 Å². The van der Waals surface area contributed by atoms with Crippen LogP contribution >= 0.6 is 0 Å². The average Bonchev–Trinajstić information content (AvgIpc) is 2.30. The maximum Gasteiger partial charge on any atom is 0.127 e. The van der Waals surface area contributed by atoms with Crippen molar-refractivity contribution in [1.82, 2.24) is 4.31 Å². The van der Waals surface area contributed by atoms with Crippen LogP contribution in [0.2, 0.25) is 0 Å². The minimum atomic E-state index is -0.960. The van der Waals surface area contributed by atoms with Crippen LogP contribution in [0.5, 0.6) is 0 Å². The highest BCUT2D eigenvalue weighted by atomic mass is 32.2. The highest BCUT2D eigenvalue weighted by molar-refractivity contribution is 7.82. The Morgan fingerprint density at radius 1 is 1.19 bits per heavy atom. The summed E-state index contributed by atoms with van der Waals surface area (Å²) in [5.41, 5.74) is 1.22. The Morgan fingerprint density at radius 3 is 2.31 bits per heavy atom. The first-order chi connectivity index (χ1) is 7.66. The second-order valence-electron chi connectivity index (χ2n) is 4.67. The molecule has 88 valence electrons. The lowest BCUT2D eigenvalue weighted by Gasteiger charge is -2.28. The highest BCUT2D eigenvalue weighted by Crippen LogP contribution is 2.20. The van der Waals surface area contributed by atoms with Gasteiger partial charge in [0.15, 0.2) is 0 Å². The van der Waals surface area contributed by atoms with Gasteiger partial charge in [-0.25, -0.2) is 8.51 Å². The molecule has 2 rings (SSSR count). The summed E-state index contributed by atoms with van der Waals surface area (Å²) >= 11 is 0. The smallest absolute Gasteiger partial charge is 0.127 e. The van der Waals surface area contributed by atoms with Crippen LogP contribution in [0, 0.1) is 12.8 Å². The summed E-state index contributed by atoms with van der Waals surface area (Å²) in [7, 11) is -0.960. The quantitative estimate of drug-likeness (QED) is 0.774. The first-order valence-electron chi connectivity index (χ1n) is 5.90. The minimum absolute atomic E-state index is 0.784. The van der Waals surface area contributed by atoms with Gasteiger partial charge in [0.25, 0.3) is 0 Å². The molecule has 0 bridgehead atoms. The van der Waals surface area contributed by atoms with E-state index >= 15 is 0 Å². The van der Waals surface area contributed by atoms with Crippen LogP contribution in [0.4, 0.5) is 0 Å². The maximum absolute atomic E-state index is 12.3. The standard InChI is InChI=1S/C13H19NOS/c1-11-3-5-13(6-4-11)16(15)14-9-7-12(2)8-10-14/h3-6,12H,7-10H2,1-2H3. The summed E-state index contributed by atoms with van der Waals surface area (Å²) < 4.78 is 14.3. The Kier molecular flexibility index (Phi) is 3.77. The fraction of sp³-hybridized carbons (Fsp3) is 0.538. The monoisotopic (exact) mass is 237 g/mol. The van der Waals surface area contributed by atoms with Crippen LogP contribution in [0.3, 0.4) is 0 Å². The summed E-state index contributed by atoms with van der Waals surface area (Å²) in [6, 6.07) is 8.01. The lowest BCUT2D eigenvalue weighted by molar-refractivity contribution is 0.299. The molecule has 1 aliphatic heterocycles. The van der Waals surface area contributed by atoms with Gasteiger partial charge < -0.3 is 0 Å². The zero-order valence-corrected chi connectivity index (χ0v) is 10.8. The SMILES string of the molecule is Cc1ccc(S(=O)N2CCC(C)CC2)cc1. The Labute approximate surface area is 100 Å². The van der Waals surface area contributed by atoms with E-state index in [1.165, 1.54) is 5.56 Å². The number of nitrogens with zero attached hydrogens (tertiary/aromatic N) is 1. The summed E-state index contributed by atoms with van der Waals surface area (Å²) in [5, 5.41) is 0. The molecule has 1 heterocycles. The molecule has 1 atom stereocenters. The van der Waals surface area contributed by atoms with Crippen molar-refractivity contribution in [1.29, 1.82) is 0 Å². The third-order valence-electron chi connectivity index (χ3n) is 3.20. The molecular weight excluding hydrogens is 218 g/mol. The van der Waals surface area contributed by atoms with Crippen molar-refractivity contribution in [3.8, 4) is 0 Å². The van der Waals surface area contributed by atoms with Crippen LogP contribution in [-0.4, -0.2) is 21.6 Å². The molecule has 1 aliphatic rings. The van der Waals surface area contributed by atoms with Gasteiger partial charge in [0.05, 0.1) is 4.90 Å². The molecule has 0 radical (unpaired) electrons. The van der Waals surface area contributed by atoms with Gasteiger partial charge in [-0.15, -0.1) is 0 Å². The number of piperidine rings is 1. The molecule has 16 heavy (non-hydrogen) atoms. The molecule has 0 aromatic heterocycles. The van der Waals surface area contributed by atoms with Crippen LogP contribution < -0.4 is 0 Å². The van der Waals surface area contributed by atoms with Gasteiger partial charge in [0.1, 0.15) is 11.0 Å². The molecule has 1 unspecified atom stereocenters. The predicted molar refractivity (Wildman–Crippen MR) is 67.6 cm³/mol. The van der Waals surface area contributed by atoms with Gasteiger partial charge in [-0.3, -0.25) is 0 Å². The van der Waals surface area contributed by atoms with Gasteiger partial charge in [0, 0.05) is 13.1 Å². The second kappa shape index (κ2) is 5.11. The van der Waals surface area contributed by atoms with Crippen molar-refractivity contribution in [3.63, 3.8) is 0 Å². The molecule has 0 aliphatic carbocycles. The van der Waals surface area contributed by atoms with Gasteiger partial charge in [0.2, 0.25) is 0 Å². The minimum Gasteiger partial charge on any atom is -0.237 e. The number of aryl methyl sites for hydroxylation is 1. The van der Waals surface area contributed by atoms with E-state index in [1.54, 1.807) is 0 Å². The Morgan fingerprint density at radius 2 is 1.75 bits per heavy atom. The largest absolute Gasteiger partial charge is 0.237 e. The molecule has 1 fully saturated rings. The number of hydrogen-bond acceptors (Lipinski definition) is 1. The van der Waals surface area contributed by atoms with E-state index in [4.69, 9.17) is 0 Å². The van der Waals surface area contributed by atoms with Crippen LogP contribution in [0.15, 0.2) is 29.2 Å². The summed E-state index contributed by atoms with van der Waals surface area (Å²) in [6.45, 7) is 6.24. The van der Waals surface area contributed by atoms with E-state index in [0.717, 1.165) is 36.7 Å². The van der Waals surface area contributed by atoms with Crippen molar-refractivity contribution >= 4 is 11.0 Å². The van der Waals surface area contributed by atoms with E-state index in [-0.39, 0.29) is 0 Å². The predicted octanol–water partition coefficient (Wildman–Crippen LogP) is 2.75. The molecule has 1 aromatic carbocycles. The molecule has 0 amide bonds. The van der Waals surface area contributed by atoms with E-state index in [2.05, 4.69) is 18.2 Å². The van der Waals surface area contributed by atoms with Gasteiger partial charge in [-0.2, -0.15) is 0 Å². The fourth-order valence-corrected chi connectivity index (χ4v) is 3.16. The van der Waals surface area contributed by atoms with Crippen molar-refractivity contribution in [2.24, 2.45) is 5.92 Å². The topological polar surface area (TPSA) is 20.3 Å². The van der Waals surface area contributed by atoms with Crippen molar-refractivity contribution in [2.75, 3.05) is 13.1 Å². The third kappa shape index (κ3) is 2.71. The van der Waals surface area contributed by atoms with Crippen LogP contribution in [0.1, 0.15) is 25.3 Å². The van der Waals surface area contributed by atoms with Crippen molar-refractivity contribution in [3.05, 3.63) is 29.8 Å². The number of hydrogen-bond donors (Lipinski definition) is 0. The Balaban J connectivity index is 2.05. The third-order valence-corrected chi connectivity index (χ3v) is 4.71. The highest BCUT2D eigenvalue weighted by Gasteiger charge is 2.21. The van der Waals surface area contributed by atoms with Crippen molar-refractivity contribution < 1.29 is 4.21 Å². The van der Waals surface area contributed by atoms with Crippen LogP contribution in [0.25, 0.3) is 0 Å². The summed E-state index contributed by atoms with van der Waals surface area (Å²) in [5.74, 6) is 0.784. The number of rotatable bonds is 2. The summed E-state index contributed by atoms with van der Waals surface area (Å²) in [6.07, 6.45) is 2.33. The number of benzene rings is 1. The maximum atomic E-state index is 12.3. The van der Waals surface area contributed by atoms with Gasteiger partial charge >= 0.3 is 0 Å². The average molecular weight is 237 g/mol. The second-order valence-corrected chi connectivity index (χ2v) is 6.16. The molecule has 2 nitrogen and oxygen atoms in total. The van der Waals surface area contributed by atoms with E-state index in [1.807, 2.05) is 24.3 Å². The van der Waals surface area contributed by atoms with E-state index in [0.29, 0.717) is 0 Å². The van der Waals surface area contributed by atoms with Crippen LogP contribution in [-0.2, 0) is 11.0 Å². The Bertz CT molecular complexity index is 366. The first-order valence-corrected chi connectivity index (χ1v) is 7.01. The molecular formula is C13H19NOS. The lowest BCUT2D eigenvalue weighted by Crippen LogP contribution is -2.34. The molecule has 0 saturated carbocycles. The Hall–Kier alpha value is -0.670. The zero-order valence-electron chi connectivity index (χ0n) is 9.98.